The summed E-state index contributed by atoms with van der Waals surface area (Å²) in [6.45, 7) is 0. The summed E-state index contributed by atoms with van der Waals surface area (Å²) in [5.74, 6) is 1.16. The second-order valence-electron chi connectivity index (χ2n) is 5.40. The summed E-state index contributed by atoms with van der Waals surface area (Å²) in [5, 5.41) is 0. The van der Waals surface area contributed by atoms with Gasteiger partial charge in [-0.3, -0.25) is 0 Å². The summed E-state index contributed by atoms with van der Waals surface area (Å²) < 4.78 is 0. The molecule has 4 rings (SSSR count). The van der Waals surface area contributed by atoms with Crippen LogP contribution in [0.5, 0.6) is 0 Å². The maximum atomic E-state index is 5.84. The van der Waals surface area contributed by atoms with Crippen molar-refractivity contribution in [3.05, 3.63) is 72.1 Å². The molecule has 0 radical (unpaired) electrons. The minimum absolute atomic E-state index is 0.412. The van der Waals surface area contributed by atoms with Crippen molar-refractivity contribution in [2.24, 2.45) is 0 Å². The second-order valence-corrected chi connectivity index (χ2v) is 5.40. The van der Waals surface area contributed by atoms with Gasteiger partial charge in [-0.15, -0.1) is 0 Å². The molecule has 0 saturated heterocycles. The molecule has 2 aromatic carbocycles. The van der Waals surface area contributed by atoms with E-state index in [9.17, 15) is 0 Å². The number of aromatic amines is 1. The molecule has 0 fully saturated rings. The second kappa shape index (κ2) is 5.53. The Morgan fingerprint density at radius 2 is 1.61 bits per heavy atom. The Morgan fingerprint density at radius 3 is 2.35 bits per heavy atom. The minimum Gasteiger partial charge on any atom is -0.382 e. The SMILES string of the molecule is Nc1ncnc2nc(-c3ccc(Cc4ccccc4)cc3)[nH]c12. The first-order valence-corrected chi connectivity index (χ1v) is 7.39. The number of anilines is 1. The zero-order valence-electron chi connectivity index (χ0n) is 12.4. The van der Waals surface area contributed by atoms with Crippen molar-refractivity contribution in [1.29, 1.82) is 0 Å². The van der Waals surface area contributed by atoms with Crippen LogP contribution in [-0.4, -0.2) is 19.9 Å². The molecule has 5 nitrogen and oxygen atoms in total. The number of H-pyrrole nitrogens is 1. The van der Waals surface area contributed by atoms with Gasteiger partial charge in [-0.05, 0) is 17.5 Å². The van der Waals surface area contributed by atoms with E-state index in [1.165, 1.54) is 17.5 Å². The van der Waals surface area contributed by atoms with Gasteiger partial charge in [0.15, 0.2) is 11.5 Å². The fraction of sp³-hybridized carbons (Fsp3) is 0.0556. The molecule has 3 N–H and O–H groups in total. The Kier molecular flexibility index (Phi) is 3.24. The third-order valence-electron chi connectivity index (χ3n) is 3.80. The Labute approximate surface area is 133 Å². The van der Waals surface area contributed by atoms with Crippen molar-refractivity contribution in [2.75, 3.05) is 5.73 Å². The van der Waals surface area contributed by atoms with Crippen LogP contribution in [0.15, 0.2) is 60.9 Å². The van der Waals surface area contributed by atoms with Gasteiger partial charge in [-0.1, -0.05) is 54.6 Å². The minimum atomic E-state index is 0.412. The van der Waals surface area contributed by atoms with Crippen LogP contribution in [0.25, 0.3) is 22.6 Å². The first-order chi connectivity index (χ1) is 11.3. The molecule has 5 heteroatoms. The highest BCUT2D eigenvalue weighted by Crippen LogP contribution is 2.22. The molecule has 0 aliphatic rings. The van der Waals surface area contributed by atoms with Crippen molar-refractivity contribution in [3.63, 3.8) is 0 Å². The van der Waals surface area contributed by atoms with Crippen LogP contribution < -0.4 is 5.73 Å². The number of fused-ring (bicyclic) bond motifs is 1. The van der Waals surface area contributed by atoms with E-state index in [1.54, 1.807) is 0 Å². The summed E-state index contributed by atoms with van der Waals surface area (Å²) in [5.41, 5.74) is 10.7. The van der Waals surface area contributed by atoms with E-state index in [-0.39, 0.29) is 0 Å². The maximum absolute atomic E-state index is 5.84. The number of hydrogen-bond acceptors (Lipinski definition) is 4. The molecule has 0 aliphatic carbocycles. The number of aromatic nitrogens is 4. The summed E-state index contributed by atoms with van der Waals surface area (Å²) in [7, 11) is 0. The predicted octanol–water partition coefficient (Wildman–Crippen LogP) is 3.19. The molecule has 0 spiro atoms. The standard InChI is InChI=1S/C18H15N5/c19-16-15-18(21-11-20-16)23-17(22-15)14-8-6-13(7-9-14)10-12-4-2-1-3-5-12/h1-9,11H,10H2,(H3,19,20,21,22,23). The molecule has 2 heterocycles. The molecule has 112 valence electrons. The van der Waals surface area contributed by atoms with Gasteiger partial charge in [0.1, 0.15) is 17.7 Å². The average Bonchev–Trinajstić information content (AvgIpc) is 3.02. The van der Waals surface area contributed by atoms with Gasteiger partial charge >= 0.3 is 0 Å². The van der Waals surface area contributed by atoms with E-state index in [4.69, 9.17) is 5.73 Å². The fourth-order valence-electron chi connectivity index (χ4n) is 2.60. The van der Waals surface area contributed by atoms with Crippen LogP contribution in [0.3, 0.4) is 0 Å². The Balaban J connectivity index is 1.63. The smallest absolute Gasteiger partial charge is 0.183 e. The van der Waals surface area contributed by atoms with Crippen molar-refractivity contribution in [3.8, 4) is 11.4 Å². The van der Waals surface area contributed by atoms with Crippen molar-refractivity contribution in [2.45, 2.75) is 6.42 Å². The van der Waals surface area contributed by atoms with E-state index in [1.807, 2.05) is 6.07 Å². The highest BCUT2D eigenvalue weighted by atomic mass is 15.0. The van der Waals surface area contributed by atoms with Crippen LogP contribution in [-0.2, 0) is 6.42 Å². The molecule has 0 atom stereocenters. The zero-order valence-corrected chi connectivity index (χ0v) is 12.4. The van der Waals surface area contributed by atoms with Gasteiger partial charge in [-0.2, -0.15) is 0 Å². The maximum Gasteiger partial charge on any atom is 0.183 e. The number of hydrogen-bond donors (Lipinski definition) is 2. The molecule has 0 amide bonds. The van der Waals surface area contributed by atoms with Gasteiger partial charge in [0.05, 0.1) is 0 Å². The molecule has 0 aliphatic heterocycles. The average molecular weight is 301 g/mol. The van der Waals surface area contributed by atoms with Gasteiger partial charge in [-0.25, -0.2) is 15.0 Å². The van der Waals surface area contributed by atoms with Gasteiger partial charge in [0.2, 0.25) is 0 Å². The third-order valence-corrected chi connectivity index (χ3v) is 3.80. The van der Waals surface area contributed by atoms with Gasteiger partial charge in [0.25, 0.3) is 0 Å². The number of imidazole rings is 1. The van der Waals surface area contributed by atoms with Crippen LogP contribution in [0, 0.1) is 0 Å². The van der Waals surface area contributed by atoms with E-state index in [0.717, 1.165) is 17.8 Å². The number of benzene rings is 2. The molecular formula is C18H15N5. The number of nitrogens with zero attached hydrogens (tertiary/aromatic N) is 3. The Hall–Kier alpha value is -3.21. The Morgan fingerprint density at radius 1 is 0.870 bits per heavy atom. The van der Waals surface area contributed by atoms with Gasteiger partial charge in [0, 0.05) is 5.56 Å². The fourth-order valence-corrected chi connectivity index (χ4v) is 2.60. The van der Waals surface area contributed by atoms with Crippen LogP contribution in [0.4, 0.5) is 5.82 Å². The highest BCUT2D eigenvalue weighted by Gasteiger charge is 2.09. The topological polar surface area (TPSA) is 80.5 Å². The lowest BCUT2D eigenvalue weighted by molar-refractivity contribution is 1.19. The molecule has 2 aromatic heterocycles. The Bertz CT molecular complexity index is 942. The summed E-state index contributed by atoms with van der Waals surface area (Å²) in [6.07, 6.45) is 2.34. The zero-order chi connectivity index (χ0) is 15.6. The lowest BCUT2D eigenvalue weighted by Gasteiger charge is -2.03. The first kappa shape index (κ1) is 13.5. The molecule has 0 saturated carbocycles. The number of rotatable bonds is 3. The predicted molar refractivity (Wildman–Crippen MR) is 90.8 cm³/mol. The largest absolute Gasteiger partial charge is 0.382 e. The van der Waals surface area contributed by atoms with Crippen molar-refractivity contribution < 1.29 is 0 Å². The summed E-state index contributed by atoms with van der Waals surface area (Å²) in [4.78, 5) is 15.8. The lowest BCUT2D eigenvalue weighted by Crippen LogP contribution is -1.91. The summed E-state index contributed by atoms with van der Waals surface area (Å²) >= 11 is 0. The van der Waals surface area contributed by atoms with Crippen LogP contribution >= 0.6 is 0 Å². The van der Waals surface area contributed by atoms with Gasteiger partial charge < -0.3 is 10.7 Å². The molecule has 0 unspecified atom stereocenters. The van der Waals surface area contributed by atoms with E-state index in [2.05, 4.69) is 68.5 Å². The first-order valence-electron chi connectivity index (χ1n) is 7.39. The van der Waals surface area contributed by atoms with Crippen LogP contribution in [0.2, 0.25) is 0 Å². The van der Waals surface area contributed by atoms with Crippen molar-refractivity contribution >= 4 is 17.0 Å². The highest BCUT2D eigenvalue weighted by molar-refractivity contribution is 5.84. The number of nitrogen functional groups attached to an aromatic ring is 1. The monoisotopic (exact) mass is 301 g/mol. The lowest BCUT2D eigenvalue weighted by atomic mass is 10.0. The molecule has 0 bridgehead atoms. The van der Waals surface area contributed by atoms with Crippen LogP contribution in [0.1, 0.15) is 11.1 Å². The van der Waals surface area contributed by atoms with Crippen molar-refractivity contribution in [1.82, 2.24) is 19.9 Å². The molecular weight excluding hydrogens is 286 g/mol. The van der Waals surface area contributed by atoms with E-state index >= 15 is 0 Å². The molecule has 23 heavy (non-hydrogen) atoms. The molecule has 4 aromatic rings. The summed E-state index contributed by atoms with van der Waals surface area (Å²) in [6, 6.07) is 18.8. The normalized spacial score (nSPS) is 11.0. The number of nitrogens with two attached hydrogens (primary N) is 1. The van der Waals surface area contributed by atoms with E-state index in [0.29, 0.717) is 17.0 Å². The quantitative estimate of drug-likeness (QED) is 0.609. The third kappa shape index (κ3) is 2.64. The number of nitrogens with one attached hydrogen (secondary N) is 1. The van der Waals surface area contributed by atoms with E-state index < -0.39 is 0 Å².